The molecule has 0 spiro atoms. The first-order valence-corrected chi connectivity index (χ1v) is 4.63. The van der Waals surface area contributed by atoms with Crippen molar-refractivity contribution in [3.05, 3.63) is 23.0 Å². The fourth-order valence-corrected chi connectivity index (χ4v) is 1.72. The smallest absolute Gasteiger partial charge is 0.356 e. The zero-order chi connectivity index (χ0) is 10.1. The maximum atomic E-state index is 10.7. The van der Waals surface area contributed by atoms with Crippen LogP contribution in [0.15, 0.2) is 11.6 Å². The second-order valence-electron chi connectivity index (χ2n) is 2.61. The van der Waals surface area contributed by atoms with Gasteiger partial charge in [-0.25, -0.2) is 9.78 Å². The second-order valence-corrected chi connectivity index (χ2v) is 3.44. The van der Waals surface area contributed by atoms with Gasteiger partial charge < -0.3 is 5.11 Å². The highest BCUT2D eigenvalue weighted by atomic mass is 32.1. The Balaban J connectivity index is 2.51. The third-order valence-electron chi connectivity index (χ3n) is 1.56. The summed E-state index contributed by atoms with van der Waals surface area (Å²) >= 11 is 1.32. The van der Waals surface area contributed by atoms with E-state index in [0.29, 0.717) is 5.13 Å². The number of aromatic nitrogens is 4. The minimum atomic E-state index is -1.07. The monoisotopic (exact) mass is 210 g/mol. The van der Waals surface area contributed by atoms with Gasteiger partial charge in [0.1, 0.15) is 0 Å². The zero-order valence-electron chi connectivity index (χ0n) is 7.21. The Morgan fingerprint density at radius 1 is 1.64 bits per heavy atom. The normalized spacial score (nSPS) is 10.4. The lowest BCUT2D eigenvalue weighted by molar-refractivity contribution is 0.0687. The van der Waals surface area contributed by atoms with Crippen molar-refractivity contribution < 1.29 is 9.90 Å². The predicted octanol–water partition coefficient (Wildman–Crippen LogP) is 0.730. The fourth-order valence-electron chi connectivity index (χ4n) is 0.961. The maximum Gasteiger partial charge on any atom is 0.356 e. The van der Waals surface area contributed by atoms with Crippen molar-refractivity contribution in [2.75, 3.05) is 0 Å². The number of hydrogen-bond acceptors (Lipinski definition) is 5. The summed E-state index contributed by atoms with van der Waals surface area (Å²) in [5, 5.41) is 18.3. The topological polar surface area (TPSA) is 80.9 Å². The molecule has 2 heterocycles. The van der Waals surface area contributed by atoms with Crippen molar-refractivity contribution in [1.82, 2.24) is 20.0 Å². The van der Waals surface area contributed by atoms with Gasteiger partial charge in [-0.1, -0.05) is 5.21 Å². The van der Waals surface area contributed by atoms with E-state index in [1.54, 1.807) is 0 Å². The molecule has 1 N–H and O–H groups in total. The lowest BCUT2D eigenvalue weighted by atomic mass is 10.5. The van der Waals surface area contributed by atoms with Crippen molar-refractivity contribution in [2.24, 2.45) is 0 Å². The molecule has 14 heavy (non-hydrogen) atoms. The van der Waals surface area contributed by atoms with Gasteiger partial charge in [0.05, 0.1) is 11.9 Å². The standard InChI is InChI=1S/C7H6N4O2S/c1-4-3-14-7(9-4)11-5(6(12)13)2-8-10-11/h2-3H,1H3,(H,12,13). The Morgan fingerprint density at radius 2 is 2.43 bits per heavy atom. The molecule has 0 fully saturated rings. The molecule has 0 atom stereocenters. The summed E-state index contributed by atoms with van der Waals surface area (Å²) in [5.41, 5.74) is 0.844. The number of carboxylic acid groups (broad SMARTS) is 1. The molecule has 0 bridgehead atoms. The molecule has 0 saturated carbocycles. The van der Waals surface area contributed by atoms with Gasteiger partial charge in [-0.2, -0.15) is 4.68 Å². The number of rotatable bonds is 2. The molecular formula is C7H6N4O2S. The summed E-state index contributed by atoms with van der Waals surface area (Å²) in [6.45, 7) is 1.83. The van der Waals surface area contributed by atoms with Crippen molar-refractivity contribution >= 4 is 17.3 Å². The van der Waals surface area contributed by atoms with Gasteiger partial charge in [-0.3, -0.25) is 0 Å². The summed E-state index contributed by atoms with van der Waals surface area (Å²) in [5.74, 6) is -1.07. The van der Waals surface area contributed by atoms with E-state index in [-0.39, 0.29) is 5.69 Å². The van der Waals surface area contributed by atoms with Gasteiger partial charge >= 0.3 is 5.97 Å². The van der Waals surface area contributed by atoms with Crippen molar-refractivity contribution in [1.29, 1.82) is 0 Å². The molecule has 2 aromatic rings. The molecule has 2 rings (SSSR count). The largest absolute Gasteiger partial charge is 0.476 e. The molecule has 72 valence electrons. The molecule has 0 amide bonds. The van der Waals surface area contributed by atoms with Crippen LogP contribution in [0.2, 0.25) is 0 Å². The van der Waals surface area contributed by atoms with Crippen LogP contribution in [0.4, 0.5) is 0 Å². The number of hydrogen-bond donors (Lipinski definition) is 1. The Labute approximate surface area is 82.8 Å². The highest BCUT2D eigenvalue weighted by Gasteiger charge is 2.14. The second kappa shape index (κ2) is 3.18. The molecule has 7 heteroatoms. The van der Waals surface area contributed by atoms with E-state index in [2.05, 4.69) is 15.3 Å². The third kappa shape index (κ3) is 1.37. The number of aromatic carboxylic acids is 1. The molecule has 0 aliphatic heterocycles. The molecule has 0 radical (unpaired) electrons. The van der Waals surface area contributed by atoms with Crippen molar-refractivity contribution in [3.8, 4) is 5.13 Å². The summed E-state index contributed by atoms with van der Waals surface area (Å²) in [4.78, 5) is 14.9. The van der Waals surface area contributed by atoms with Crippen LogP contribution in [0.1, 0.15) is 16.2 Å². The molecule has 2 aromatic heterocycles. The van der Waals surface area contributed by atoms with Crippen LogP contribution in [0.25, 0.3) is 5.13 Å². The molecule has 0 unspecified atom stereocenters. The number of thiazole rings is 1. The fraction of sp³-hybridized carbons (Fsp3) is 0.143. The van der Waals surface area contributed by atoms with E-state index in [4.69, 9.17) is 5.11 Å². The third-order valence-corrected chi connectivity index (χ3v) is 2.49. The molecule has 0 aliphatic carbocycles. The van der Waals surface area contributed by atoms with E-state index < -0.39 is 5.97 Å². The van der Waals surface area contributed by atoms with E-state index in [1.165, 1.54) is 22.2 Å². The molecule has 0 saturated heterocycles. The minimum Gasteiger partial charge on any atom is -0.476 e. The average molecular weight is 210 g/mol. The SMILES string of the molecule is Cc1csc(-n2nncc2C(=O)O)n1. The number of aryl methyl sites for hydroxylation is 1. The van der Waals surface area contributed by atoms with Crippen LogP contribution >= 0.6 is 11.3 Å². The Bertz CT molecular complexity index is 475. The van der Waals surface area contributed by atoms with E-state index in [9.17, 15) is 4.79 Å². The van der Waals surface area contributed by atoms with Crippen LogP contribution < -0.4 is 0 Å². The van der Waals surface area contributed by atoms with Crippen molar-refractivity contribution in [3.63, 3.8) is 0 Å². The first kappa shape index (κ1) is 8.82. The molecule has 6 nitrogen and oxygen atoms in total. The first-order chi connectivity index (χ1) is 6.68. The van der Waals surface area contributed by atoms with Gasteiger partial charge in [-0.15, -0.1) is 16.4 Å². The highest BCUT2D eigenvalue weighted by Crippen LogP contribution is 2.14. The van der Waals surface area contributed by atoms with Crippen molar-refractivity contribution in [2.45, 2.75) is 6.92 Å². The van der Waals surface area contributed by atoms with Gasteiger partial charge in [0.15, 0.2) is 5.69 Å². The quantitative estimate of drug-likeness (QED) is 0.790. The lowest BCUT2D eigenvalue weighted by Gasteiger charge is -1.95. The van der Waals surface area contributed by atoms with E-state index >= 15 is 0 Å². The van der Waals surface area contributed by atoms with Crippen LogP contribution in [0.5, 0.6) is 0 Å². The van der Waals surface area contributed by atoms with Gasteiger partial charge in [0.25, 0.3) is 0 Å². The van der Waals surface area contributed by atoms with Crippen LogP contribution in [0.3, 0.4) is 0 Å². The summed E-state index contributed by atoms with van der Waals surface area (Å²) in [7, 11) is 0. The average Bonchev–Trinajstić information content (AvgIpc) is 2.70. The van der Waals surface area contributed by atoms with E-state index in [0.717, 1.165) is 5.69 Å². The van der Waals surface area contributed by atoms with Gasteiger partial charge in [0, 0.05) is 5.38 Å². The number of carboxylic acids is 1. The minimum absolute atomic E-state index is 0.0133. The van der Waals surface area contributed by atoms with Crippen LogP contribution in [-0.2, 0) is 0 Å². The maximum absolute atomic E-state index is 10.7. The number of carbonyl (C=O) groups is 1. The Kier molecular flexibility index (Phi) is 2.01. The molecular weight excluding hydrogens is 204 g/mol. The summed E-state index contributed by atoms with van der Waals surface area (Å²) < 4.78 is 1.21. The van der Waals surface area contributed by atoms with E-state index in [1.807, 2.05) is 12.3 Å². The summed E-state index contributed by atoms with van der Waals surface area (Å²) in [6, 6.07) is 0. The number of nitrogens with zero attached hydrogens (tertiary/aromatic N) is 4. The first-order valence-electron chi connectivity index (χ1n) is 3.75. The highest BCUT2D eigenvalue weighted by molar-refractivity contribution is 7.12. The van der Waals surface area contributed by atoms with Gasteiger partial charge in [-0.05, 0) is 6.92 Å². The van der Waals surface area contributed by atoms with Gasteiger partial charge in [0.2, 0.25) is 5.13 Å². The predicted molar refractivity (Wildman–Crippen MR) is 48.7 cm³/mol. The Morgan fingerprint density at radius 3 is 3.00 bits per heavy atom. The summed E-state index contributed by atoms with van der Waals surface area (Å²) in [6.07, 6.45) is 1.19. The van der Waals surface area contributed by atoms with Crippen LogP contribution in [0, 0.1) is 6.92 Å². The zero-order valence-corrected chi connectivity index (χ0v) is 8.02. The lowest BCUT2D eigenvalue weighted by Crippen LogP contribution is -2.07. The molecule has 0 aromatic carbocycles. The Hall–Kier alpha value is -1.76. The molecule has 0 aliphatic rings. The van der Waals surface area contributed by atoms with Crippen LogP contribution in [-0.4, -0.2) is 31.1 Å².